The minimum Gasteiger partial charge on any atom is -0.320 e. The fourth-order valence-corrected chi connectivity index (χ4v) is 8.78. The molecular weight excluding hydrogens is 373 g/mol. The van der Waals surface area contributed by atoms with Crippen molar-refractivity contribution in [3.8, 4) is 0 Å². The van der Waals surface area contributed by atoms with Crippen LogP contribution in [0.1, 0.15) is 0 Å². The van der Waals surface area contributed by atoms with Crippen LogP contribution in [0, 0.1) is 0 Å². The second-order valence-electron chi connectivity index (χ2n) is 4.52. The lowest BCUT2D eigenvalue weighted by Crippen LogP contribution is -2.11. The summed E-state index contributed by atoms with van der Waals surface area (Å²) in [6.07, 6.45) is 3.34. The molecular formula is C14H10N2OS5. The van der Waals surface area contributed by atoms with Gasteiger partial charge in [-0.2, -0.15) is 11.8 Å². The van der Waals surface area contributed by atoms with Gasteiger partial charge in [0.05, 0.1) is 25.3 Å². The van der Waals surface area contributed by atoms with Gasteiger partial charge in [0.15, 0.2) is 0 Å². The number of aromatic nitrogens is 1. The maximum Gasteiger partial charge on any atom is 0.263 e. The van der Waals surface area contributed by atoms with Crippen molar-refractivity contribution < 1.29 is 4.79 Å². The molecule has 1 amide bonds. The molecule has 8 heteroatoms. The van der Waals surface area contributed by atoms with Gasteiger partial charge in [0.2, 0.25) is 0 Å². The highest BCUT2D eigenvalue weighted by Crippen LogP contribution is 2.60. The maximum atomic E-state index is 12.3. The highest BCUT2D eigenvalue weighted by molar-refractivity contribution is 8.34. The van der Waals surface area contributed by atoms with E-state index in [0.29, 0.717) is 0 Å². The van der Waals surface area contributed by atoms with Crippen molar-refractivity contribution in [2.45, 2.75) is 0 Å². The second-order valence-corrected chi connectivity index (χ2v) is 10.2. The van der Waals surface area contributed by atoms with Gasteiger partial charge in [-0.25, -0.2) is 0 Å². The molecule has 3 aliphatic rings. The van der Waals surface area contributed by atoms with Gasteiger partial charge in [0.25, 0.3) is 5.91 Å². The molecule has 0 fully saturated rings. The number of amides is 1. The predicted molar refractivity (Wildman–Crippen MR) is 103 cm³/mol. The summed E-state index contributed by atoms with van der Waals surface area (Å²) < 4.78 is 2.56. The Kier molecular flexibility index (Phi) is 4.54. The van der Waals surface area contributed by atoms with Crippen LogP contribution in [-0.2, 0) is 4.79 Å². The third kappa shape index (κ3) is 3.12. The van der Waals surface area contributed by atoms with E-state index in [0.717, 1.165) is 22.1 Å². The highest BCUT2D eigenvalue weighted by Gasteiger charge is 2.30. The molecule has 1 aromatic heterocycles. The second kappa shape index (κ2) is 6.60. The third-order valence-electron chi connectivity index (χ3n) is 2.99. The lowest BCUT2D eigenvalue weighted by molar-refractivity contribution is -0.112. The van der Waals surface area contributed by atoms with Crippen LogP contribution in [-0.4, -0.2) is 22.4 Å². The van der Waals surface area contributed by atoms with Crippen molar-refractivity contribution in [2.24, 2.45) is 0 Å². The van der Waals surface area contributed by atoms with Crippen molar-refractivity contribution in [2.75, 3.05) is 16.8 Å². The molecule has 3 nitrogen and oxygen atoms in total. The molecule has 0 saturated carbocycles. The van der Waals surface area contributed by atoms with Crippen LogP contribution in [0.5, 0.6) is 0 Å². The number of carbonyl (C=O) groups is 1. The molecule has 0 aliphatic carbocycles. The van der Waals surface area contributed by atoms with E-state index in [9.17, 15) is 4.79 Å². The molecule has 0 aromatic carbocycles. The summed E-state index contributed by atoms with van der Waals surface area (Å²) in [7, 11) is 0. The number of hydrogen-bond acceptors (Lipinski definition) is 7. The van der Waals surface area contributed by atoms with Crippen LogP contribution in [0.3, 0.4) is 0 Å². The van der Waals surface area contributed by atoms with Crippen molar-refractivity contribution in [3.05, 3.63) is 53.1 Å². The summed E-state index contributed by atoms with van der Waals surface area (Å²) in [5.74, 6) is 2.21. The van der Waals surface area contributed by atoms with Crippen LogP contribution in [0.15, 0.2) is 53.1 Å². The number of carbonyl (C=O) groups excluding carboxylic acids is 1. The zero-order valence-corrected chi connectivity index (χ0v) is 15.3. The van der Waals surface area contributed by atoms with Gasteiger partial charge in [0, 0.05) is 27.5 Å². The molecule has 0 unspecified atom stereocenters. The van der Waals surface area contributed by atoms with Crippen molar-refractivity contribution in [1.29, 1.82) is 0 Å². The molecule has 0 atom stereocenters. The Morgan fingerprint density at radius 2 is 1.95 bits per heavy atom. The summed E-state index contributed by atoms with van der Waals surface area (Å²) in [4.78, 5) is 20.0. The Morgan fingerprint density at radius 3 is 2.68 bits per heavy atom. The van der Waals surface area contributed by atoms with E-state index in [-0.39, 0.29) is 5.91 Å². The Balaban J connectivity index is 1.41. The number of nitrogens with zero attached hydrogens (tertiary/aromatic N) is 1. The van der Waals surface area contributed by atoms with E-state index in [1.165, 1.54) is 18.3 Å². The first kappa shape index (κ1) is 15.1. The summed E-state index contributed by atoms with van der Waals surface area (Å²) in [5, 5.41) is 4.82. The monoisotopic (exact) mass is 382 g/mol. The fourth-order valence-electron chi connectivity index (χ4n) is 1.97. The molecule has 3 aliphatic heterocycles. The average Bonchev–Trinajstić information content (AvgIpc) is 3.23. The highest BCUT2D eigenvalue weighted by atomic mass is 32.2. The van der Waals surface area contributed by atoms with Crippen molar-refractivity contribution >= 4 is 70.4 Å². The van der Waals surface area contributed by atoms with E-state index in [1.807, 2.05) is 52.8 Å². The standard InChI is InChI=1S/C14H10N2OS5/c17-12(16-8-2-1-3-15-4-8)11-7-19-13(22-11)14-20-9-5-18-6-10(9)21-14/h1-4,7H,5-6H2,(H,16,17). The molecule has 0 saturated heterocycles. The van der Waals surface area contributed by atoms with Gasteiger partial charge < -0.3 is 5.32 Å². The molecule has 0 spiro atoms. The lowest BCUT2D eigenvalue weighted by atomic mass is 10.4. The summed E-state index contributed by atoms with van der Waals surface area (Å²) >= 11 is 8.97. The van der Waals surface area contributed by atoms with Gasteiger partial charge in [-0.05, 0) is 17.5 Å². The van der Waals surface area contributed by atoms with Gasteiger partial charge in [-0.1, -0.05) is 47.0 Å². The normalized spacial score (nSPS) is 20.5. The van der Waals surface area contributed by atoms with Crippen LogP contribution in [0.25, 0.3) is 0 Å². The summed E-state index contributed by atoms with van der Waals surface area (Å²) in [5.41, 5.74) is 0.724. The fraction of sp³-hybridized carbons (Fsp3) is 0.143. The predicted octanol–water partition coefficient (Wildman–Crippen LogP) is 4.91. The average molecular weight is 383 g/mol. The van der Waals surface area contributed by atoms with Gasteiger partial charge in [-0.15, -0.1) is 0 Å². The number of hydrogen-bond donors (Lipinski definition) is 1. The van der Waals surface area contributed by atoms with E-state index in [2.05, 4.69) is 10.3 Å². The molecule has 0 radical (unpaired) electrons. The van der Waals surface area contributed by atoms with E-state index >= 15 is 0 Å². The van der Waals surface area contributed by atoms with Crippen LogP contribution < -0.4 is 5.32 Å². The quantitative estimate of drug-likeness (QED) is 0.779. The third-order valence-corrected chi connectivity index (χ3v) is 9.92. The smallest absolute Gasteiger partial charge is 0.263 e. The first-order valence-electron chi connectivity index (χ1n) is 6.45. The first-order valence-corrected chi connectivity index (χ1v) is 10.9. The number of anilines is 1. The van der Waals surface area contributed by atoms with Crippen LogP contribution >= 0.6 is 58.8 Å². The summed E-state index contributed by atoms with van der Waals surface area (Å²) in [6, 6.07) is 3.65. The van der Waals surface area contributed by atoms with E-state index in [4.69, 9.17) is 0 Å². The number of pyridine rings is 1. The molecule has 1 aromatic rings. The number of rotatable bonds is 2. The molecule has 112 valence electrons. The first-order chi connectivity index (χ1) is 10.8. The lowest BCUT2D eigenvalue weighted by Gasteiger charge is -2.06. The molecule has 4 rings (SSSR count). The van der Waals surface area contributed by atoms with E-state index < -0.39 is 0 Å². The Hall–Kier alpha value is -0.410. The topological polar surface area (TPSA) is 42.0 Å². The minimum atomic E-state index is -0.0647. The van der Waals surface area contributed by atoms with Crippen molar-refractivity contribution in [3.63, 3.8) is 0 Å². The zero-order valence-electron chi connectivity index (χ0n) is 11.2. The van der Waals surface area contributed by atoms with Crippen LogP contribution in [0.2, 0.25) is 0 Å². The van der Waals surface area contributed by atoms with Crippen LogP contribution in [0.4, 0.5) is 5.69 Å². The largest absolute Gasteiger partial charge is 0.320 e. The molecule has 1 N–H and O–H groups in total. The van der Waals surface area contributed by atoms with Gasteiger partial charge in [0.1, 0.15) is 0 Å². The van der Waals surface area contributed by atoms with Crippen molar-refractivity contribution in [1.82, 2.24) is 4.98 Å². The molecule has 22 heavy (non-hydrogen) atoms. The number of thioether (sulfide) groups is 5. The van der Waals surface area contributed by atoms with Gasteiger partial charge in [-0.3, -0.25) is 9.78 Å². The SMILES string of the molecule is O=C(Nc1cccnc1)C1=CSC(=C2SC3=C(CSC3)S2)S1. The van der Waals surface area contributed by atoms with E-state index in [1.54, 1.807) is 35.9 Å². The molecule has 4 heterocycles. The maximum absolute atomic E-state index is 12.3. The summed E-state index contributed by atoms with van der Waals surface area (Å²) in [6.45, 7) is 0. The Labute approximate surface area is 149 Å². The Bertz CT molecular complexity index is 708. The molecule has 0 bridgehead atoms. The number of nitrogens with one attached hydrogen (secondary N) is 1. The minimum absolute atomic E-state index is 0.0647. The Morgan fingerprint density at radius 1 is 1.14 bits per heavy atom. The van der Waals surface area contributed by atoms with Gasteiger partial charge >= 0.3 is 0 Å². The zero-order chi connectivity index (χ0) is 14.9.